The zero-order chi connectivity index (χ0) is 31.7. The van der Waals surface area contributed by atoms with Crippen molar-refractivity contribution in [3.63, 3.8) is 0 Å². The molecule has 0 aliphatic heterocycles. The Morgan fingerprint density at radius 1 is 0.375 bits per heavy atom. The van der Waals surface area contributed by atoms with Crippen molar-refractivity contribution in [1.82, 2.24) is 4.57 Å². The van der Waals surface area contributed by atoms with Crippen molar-refractivity contribution >= 4 is 43.4 Å². The van der Waals surface area contributed by atoms with E-state index in [1.54, 1.807) is 0 Å². The van der Waals surface area contributed by atoms with Gasteiger partial charge in [0.2, 0.25) is 0 Å². The SMILES string of the molecule is CC1(C)c2ccccc2-c2c1ccc1c3ccccc3n(-c3ccc(-c4ccc5c6c(cccc46)-c4ccccc4-5)c4ccccc34)c21. The van der Waals surface area contributed by atoms with Crippen LogP contribution in [0, 0.1) is 0 Å². The molecule has 0 radical (unpaired) electrons. The van der Waals surface area contributed by atoms with Gasteiger partial charge in [0, 0.05) is 27.1 Å². The van der Waals surface area contributed by atoms with E-state index in [1.165, 1.54) is 105 Å². The second-order valence-electron chi connectivity index (χ2n) is 14.0. The molecule has 11 rings (SSSR count). The fourth-order valence-corrected chi connectivity index (χ4v) is 9.25. The quantitative estimate of drug-likeness (QED) is 0.184. The Balaban J connectivity index is 1.23. The summed E-state index contributed by atoms with van der Waals surface area (Å²) in [4.78, 5) is 0. The molecule has 0 bridgehead atoms. The number of nitrogens with zero attached hydrogens (tertiary/aromatic N) is 1. The molecule has 2 aliphatic rings. The normalized spacial score (nSPS) is 13.8. The molecule has 48 heavy (non-hydrogen) atoms. The Labute approximate surface area is 279 Å². The lowest BCUT2D eigenvalue weighted by atomic mass is 9.82. The lowest BCUT2D eigenvalue weighted by molar-refractivity contribution is 0.661. The first-order valence-corrected chi connectivity index (χ1v) is 17.0. The van der Waals surface area contributed by atoms with Gasteiger partial charge in [-0.15, -0.1) is 0 Å². The number of aromatic nitrogens is 1. The maximum absolute atomic E-state index is 2.55. The van der Waals surface area contributed by atoms with Crippen molar-refractivity contribution in [2.45, 2.75) is 19.3 Å². The fraction of sp³-hybridized carbons (Fsp3) is 0.0638. The molecule has 0 atom stereocenters. The molecule has 8 aromatic carbocycles. The van der Waals surface area contributed by atoms with Crippen molar-refractivity contribution in [1.29, 1.82) is 0 Å². The second kappa shape index (κ2) is 9.12. The van der Waals surface area contributed by atoms with Crippen molar-refractivity contribution in [3.05, 3.63) is 163 Å². The molecule has 0 N–H and O–H groups in total. The summed E-state index contributed by atoms with van der Waals surface area (Å²) in [6, 6.07) is 56.7. The van der Waals surface area contributed by atoms with Crippen LogP contribution in [0.15, 0.2) is 152 Å². The molecule has 224 valence electrons. The monoisotopic (exact) mass is 609 g/mol. The summed E-state index contributed by atoms with van der Waals surface area (Å²) in [6.45, 7) is 4.74. The van der Waals surface area contributed by atoms with Crippen LogP contribution in [0.3, 0.4) is 0 Å². The van der Waals surface area contributed by atoms with Gasteiger partial charge >= 0.3 is 0 Å². The zero-order valence-corrected chi connectivity index (χ0v) is 26.9. The lowest BCUT2D eigenvalue weighted by Crippen LogP contribution is -2.14. The van der Waals surface area contributed by atoms with Gasteiger partial charge in [0.1, 0.15) is 0 Å². The molecule has 9 aromatic rings. The van der Waals surface area contributed by atoms with Crippen LogP contribution in [0.4, 0.5) is 0 Å². The average Bonchev–Trinajstić information content (AvgIpc) is 3.73. The Kier molecular flexibility index (Phi) is 4.97. The van der Waals surface area contributed by atoms with Gasteiger partial charge < -0.3 is 4.57 Å². The predicted molar refractivity (Wildman–Crippen MR) is 203 cm³/mol. The highest BCUT2D eigenvalue weighted by atomic mass is 15.0. The summed E-state index contributed by atoms with van der Waals surface area (Å²) in [6.07, 6.45) is 0. The first-order valence-electron chi connectivity index (χ1n) is 17.0. The smallest absolute Gasteiger partial charge is 0.0622 e. The molecule has 0 spiro atoms. The molecular weight excluding hydrogens is 579 g/mol. The number of fused-ring (bicyclic) bond motifs is 11. The molecule has 0 unspecified atom stereocenters. The number of rotatable bonds is 2. The van der Waals surface area contributed by atoms with Crippen molar-refractivity contribution in [3.8, 4) is 50.2 Å². The number of hydrogen-bond donors (Lipinski definition) is 0. The lowest BCUT2D eigenvalue weighted by Gasteiger charge is -2.21. The summed E-state index contributed by atoms with van der Waals surface area (Å²) in [5, 5.41) is 7.80. The number of hydrogen-bond acceptors (Lipinski definition) is 0. The predicted octanol–water partition coefficient (Wildman–Crippen LogP) is 12.7. The molecule has 1 aromatic heterocycles. The van der Waals surface area contributed by atoms with E-state index in [0.29, 0.717) is 0 Å². The topological polar surface area (TPSA) is 4.93 Å². The van der Waals surface area contributed by atoms with Gasteiger partial charge in [0.15, 0.2) is 0 Å². The first-order chi connectivity index (χ1) is 23.6. The molecular formula is C47H31N. The summed E-state index contributed by atoms with van der Waals surface area (Å²) in [5.41, 5.74) is 17.1. The van der Waals surface area contributed by atoms with Gasteiger partial charge in [-0.1, -0.05) is 153 Å². The van der Waals surface area contributed by atoms with E-state index in [9.17, 15) is 0 Å². The summed E-state index contributed by atoms with van der Waals surface area (Å²) >= 11 is 0. The molecule has 0 fully saturated rings. The highest BCUT2D eigenvalue weighted by Crippen LogP contribution is 2.54. The van der Waals surface area contributed by atoms with Crippen LogP contribution in [0.2, 0.25) is 0 Å². The second-order valence-corrected chi connectivity index (χ2v) is 14.0. The van der Waals surface area contributed by atoms with Crippen molar-refractivity contribution in [2.75, 3.05) is 0 Å². The highest BCUT2D eigenvalue weighted by molar-refractivity contribution is 6.21. The Morgan fingerprint density at radius 3 is 1.79 bits per heavy atom. The third-order valence-corrected chi connectivity index (χ3v) is 11.4. The Hall–Kier alpha value is -5.92. The zero-order valence-electron chi connectivity index (χ0n) is 26.9. The molecule has 2 aliphatic carbocycles. The fourth-order valence-electron chi connectivity index (χ4n) is 9.25. The number of para-hydroxylation sites is 1. The van der Waals surface area contributed by atoms with Crippen LogP contribution < -0.4 is 0 Å². The van der Waals surface area contributed by atoms with Gasteiger partial charge in [-0.3, -0.25) is 0 Å². The minimum absolute atomic E-state index is 0.0667. The van der Waals surface area contributed by atoms with E-state index in [1.807, 2.05) is 0 Å². The van der Waals surface area contributed by atoms with Gasteiger partial charge in [-0.25, -0.2) is 0 Å². The average molecular weight is 610 g/mol. The Bertz CT molecular complexity index is 2830. The number of benzene rings is 8. The van der Waals surface area contributed by atoms with Crippen LogP contribution in [0.1, 0.15) is 25.0 Å². The van der Waals surface area contributed by atoms with Crippen LogP contribution in [0.5, 0.6) is 0 Å². The molecule has 0 amide bonds. The van der Waals surface area contributed by atoms with Crippen molar-refractivity contribution in [2.24, 2.45) is 0 Å². The third kappa shape index (κ3) is 3.16. The maximum Gasteiger partial charge on any atom is 0.0622 e. The van der Waals surface area contributed by atoms with Gasteiger partial charge in [-0.2, -0.15) is 0 Å². The Morgan fingerprint density at radius 2 is 0.958 bits per heavy atom. The molecule has 1 heterocycles. The van der Waals surface area contributed by atoms with Crippen LogP contribution in [0.25, 0.3) is 93.5 Å². The molecule has 1 heteroatoms. The van der Waals surface area contributed by atoms with Gasteiger partial charge in [0.25, 0.3) is 0 Å². The summed E-state index contributed by atoms with van der Waals surface area (Å²) in [5.74, 6) is 0. The van der Waals surface area contributed by atoms with Crippen LogP contribution in [-0.4, -0.2) is 4.57 Å². The molecule has 0 saturated carbocycles. The van der Waals surface area contributed by atoms with Crippen LogP contribution >= 0.6 is 0 Å². The van der Waals surface area contributed by atoms with E-state index in [4.69, 9.17) is 0 Å². The van der Waals surface area contributed by atoms with E-state index in [0.717, 1.165) is 0 Å². The molecule has 1 nitrogen and oxygen atoms in total. The summed E-state index contributed by atoms with van der Waals surface area (Å²) < 4.78 is 2.55. The van der Waals surface area contributed by atoms with E-state index >= 15 is 0 Å². The van der Waals surface area contributed by atoms with E-state index in [2.05, 4.69) is 170 Å². The largest absolute Gasteiger partial charge is 0.308 e. The first kappa shape index (κ1) is 26.2. The van der Waals surface area contributed by atoms with Crippen molar-refractivity contribution < 1.29 is 0 Å². The minimum Gasteiger partial charge on any atom is -0.308 e. The van der Waals surface area contributed by atoms with Gasteiger partial charge in [-0.05, 0) is 78.4 Å². The highest BCUT2D eigenvalue weighted by Gasteiger charge is 2.37. The minimum atomic E-state index is -0.0667. The van der Waals surface area contributed by atoms with E-state index in [-0.39, 0.29) is 5.41 Å². The standard InChI is InChI=1S/C47H31N/c1-47(2)40-20-9-7-17-39(40)45-41(47)26-24-38-34-16-8-10-21-42(34)48(46(38)45)43-27-25-31(28-12-5-6-15-33(28)43)32-22-23-37-30-14-4-3-13-29(30)35-18-11-19-36(32)44(35)37/h3-27H,1-2H3. The van der Waals surface area contributed by atoms with Gasteiger partial charge in [0.05, 0.1) is 16.7 Å². The van der Waals surface area contributed by atoms with E-state index < -0.39 is 0 Å². The summed E-state index contributed by atoms with van der Waals surface area (Å²) in [7, 11) is 0. The third-order valence-electron chi connectivity index (χ3n) is 11.4. The maximum atomic E-state index is 2.55. The molecule has 0 saturated heterocycles. The van der Waals surface area contributed by atoms with Crippen LogP contribution in [-0.2, 0) is 5.41 Å².